The van der Waals surface area contributed by atoms with Crippen LogP contribution in [0.5, 0.6) is 0 Å². The molecule has 0 aliphatic heterocycles. The summed E-state index contributed by atoms with van der Waals surface area (Å²) in [6.45, 7) is 6.85. The van der Waals surface area contributed by atoms with Crippen LogP contribution >= 0.6 is 0 Å². The first kappa shape index (κ1) is 14.0. The molecule has 0 aliphatic rings. The number of sulfonamides is 1. The van der Waals surface area contributed by atoms with Crippen LogP contribution in [0, 0.1) is 5.92 Å². The van der Waals surface area contributed by atoms with Crippen LogP contribution in [0.4, 0.5) is 5.82 Å². The van der Waals surface area contributed by atoms with Crippen LogP contribution < -0.4 is 5.73 Å². The van der Waals surface area contributed by atoms with Crippen LogP contribution in [0.1, 0.15) is 20.8 Å². The van der Waals surface area contributed by atoms with Crippen LogP contribution in [-0.2, 0) is 16.6 Å². The monoisotopic (exact) mass is 260 g/mol. The third-order valence-electron chi connectivity index (χ3n) is 2.39. The molecular weight excluding hydrogens is 240 g/mol. The van der Waals surface area contributed by atoms with Gasteiger partial charge in [-0.15, -0.1) is 0 Å². The summed E-state index contributed by atoms with van der Waals surface area (Å²) in [6.07, 6.45) is 1.47. The summed E-state index contributed by atoms with van der Waals surface area (Å²) in [5.74, 6) is 0.319. The number of nitrogens with two attached hydrogens (primary N) is 1. The van der Waals surface area contributed by atoms with Crippen molar-refractivity contribution in [3.63, 3.8) is 0 Å². The smallest absolute Gasteiger partial charge is 0.248 e. The van der Waals surface area contributed by atoms with Crippen LogP contribution in [0.2, 0.25) is 0 Å². The van der Waals surface area contributed by atoms with Crippen molar-refractivity contribution in [2.75, 3.05) is 19.3 Å². The van der Waals surface area contributed by atoms with Crippen LogP contribution in [0.3, 0.4) is 0 Å². The highest BCUT2D eigenvalue weighted by molar-refractivity contribution is 7.89. The van der Waals surface area contributed by atoms with Crippen molar-refractivity contribution in [2.24, 2.45) is 5.92 Å². The van der Waals surface area contributed by atoms with E-state index in [0.717, 1.165) is 0 Å². The molecule has 17 heavy (non-hydrogen) atoms. The maximum atomic E-state index is 12.2. The van der Waals surface area contributed by atoms with Crippen LogP contribution in [0.25, 0.3) is 0 Å². The largest absolute Gasteiger partial charge is 0.381 e. The second kappa shape index (κ2) is 5.05. The number of aromatic nitrogens is 2. The Labute approximate surface area is 102 Å². The Morgan fingerprint density at radius 2 is 2.12 bits per heavy atom. The molecular formula is C10H20N4O2S. The second-order valence-electron chi connectivity index (χ2n) is 4.41. The number of aryl methyl sites for hydroxylation is 1. The molecule has 0 spiro atoms. The number of nitrogens with zero attached hydrogens (tertiary/aromatic N) is 3. The van der Waals surface area contributed by atoms with Gasteiger partial charge in [0.2, 0.25) is 10.0 Å². The molecule has 2 N–H and O–H groups in total. The lowest BCUT2D eigenvalue weighted by Gasteiger charge is -2.18. The fourth-order valence-corrected chi connectivity index (χ4v) is 2.95. The van der Waals surface area contributed by atoms with Gasteiger partial charge in [0.05, 0.1) is 0 Å². The van der Waals surface area contributed by atoms with Gasteiger partial charge in [0.25, 0.3) is 0 Å². The lowest BCUT2D eigenvalue weighted by Crippen LogP contribution is -2.30. The molecule has 7 heteroatoms. The van der Waals surface area contributed by atoms with E-state index in [1.807, 2.05) is 20.8 Å². The summed E-state index contributed by atoms with van der Waals surface area (Å²) in [7, 11) is -1.98. The van der Waals surface area contributed by atoms with E-state index in [0.29, 0.717) is 13.1 Å². The molecule has 1 rings (SSSR count). The molecule has 0 saturated carbocycles. The average molecular weight is 260 g/mol. The minimum atomic E-state index is -3.53. The second-order valence-corrected chi connectivity index (χ2v) is 6.43. The normalized spacial score (nSPS) is 12.6. The Morgan fingerprint density at radius 3 is 2.53 bits per heavy atom. The summed E-state index contributed by atoms with van der Waals surface area (Å²) in [4.78, 5) is 0.0856. The third-order valence-corrected chi connectivity index (χ3v) is 4.23. The third kappa shape index (κ3) is 2.98. The molecule has 0 saturated heterocycles. The Hall–Kier alpha value is -1.08. The van der Waals surface area contributed by atoms with E-state index in [4.69, 9.17) is 5.73 Å². The predicted molar refractivity (Wildman–Crippen MR) is 67.0 cm³/mol. The minimum absolute atomic E-state index is 0.0578. The first-order chi connectivity index (χ1) is 7.78. The summed E-state index contributed by atoms with van der Waals surface area (Å²) < 4.78 is 27.3. The van der Waals surface area contributed by atoms with Gasteiger partial charge < -0.3 is 5.73 Å². The van der Waals surface area contributed by atoms with Gasteiger partial charge >= 0.3 is 0 Å². The summed E-state index contributed by atoms with van der Waals surface area (Å²) in [5.41, 5.74) is 5.63. The highest BCUT2D eigenvalue weighted by atomic mass is 32.2. The summed E-state index contributed by atoms with van der Waals surface area (Å²) >= 11 is 0. The van der Waals surface area contributed by atoms with Crippen LogP contribution in [0.15, 0.2) is 11.1 Å². The highest BCUT2D eigenvalue weighted by Gasteiger charge is 2.26. The molecule has 1 aromatic rings. The van der Waals surface area contributed by atoms with E-state index >= 15 is 0 Å². The molecule has 98 valence electrons. The molecule has 0 aliphatic carbocycles. The van der Waals surface area contributed by atoms with Crippen molar-refractivity contribution in [1.29, 1.82) is 0 Å². The highest BCUT2D eigenvalue weighted by Crippen LogP contribution is 2.20. The molecule has 0 atom stereocenters. The van der Waals surface area contributed by atoms with Crippen molar-refractivity contribution in [3.8, 4) is 0 Å². The number of rotatable bonds is 5. The Morgan fingerprint density at radius 1 is 1.53 bits per heavy atom. The van der Waals surface area contributed by atoms with E-state index < -0.39 is 10.0 Å². The fourth-order valence-electron chi connectivity index (χ4n) is 1.56. The molecule has 0 amide bonds. The van der Waals surface area contributed by atoms with Crippen LogP contribution in [-0.4, -0.2) is 36.1 Å². The zero-order valence-corrected chi connectivity index (χ0v) is 11.5. The fraction of sp³-hybridized carbons (Fsp3) is 0.700. The van der Waals surface area contributed by atoms with Crippen molar-refractivity contribution in [1.82, 2.24) is 14.1 Å². The van der Waals surface area contributed by atoms with Gasteiger partial charge in [0.15, 0.2) is 5.82 Å². The predicted octanol–water partition coefficient (Wildman–Crippen LogP) is 0.762. The van der Waals surface area contributed by atoms with E-state index in [1.54, 1.807) is 7.05 Å². The number of nitrogen functional groups attached to an aromatic ring is 1. The lowest BCUT2D eigenvalue weighted by molar-refractivity contribution is 0.417. The maximum Gasteiger partial charge on any atom is 0.248 e. The molecule has 6 nitrogen and oxygen atoms in total. The molecule has 0 aromatic carbocycles. The Kier molecular flexibility index (Phi) is 4.16. The maximum absolute atomic E-state index is 12.2. The number of hydrogen-bond acceptors (Lipinski definition) is 4. The molecule has 1 aromatic heterocycles. The zero-order chi connectivity index (χ0) is 13.2. The first-order valence-electron chi connectivity index (χ1n) is 5.58. The lowest BCUT2D eigenvalue weighted by atomic mass is 10.2. The van der Waals surface area contributed by atoms with E-state index in [2.05, 4.69) is 5.10 Å². The van der Waals surface area contributed by atoms with Gasteiger partial charge in [-0.25, -0.2) is 12.7 Å². The molecule has 0 bridgehead atoms. The van der Waals surface area contributed by atoms with Gasteiger partial charge in [-0.3, -0.25) is 4.68 Å². The quantitative estimate of drug-likeness (QED) is 0.847. The van der Waals surface area contributed by atoms with Gasteiger partial charge in [0.1, 0.15) is 4.90 Å². The molecule has 0 radical (unpaired) electrons. The van der Waals surface area contributed by atoms with Gasteiger partial charge in [0, 0.05) is 26.3 Å². The van der Waals surface area contributed by atoms with E-state index in [-0.39, 0.29) is 16.6 Å². The van der Waals surface area contributed by atoms with E-state index in [9.17, 15) is 8.42 Å². The van der Waals surface area contributed by atoms with Gasteiger partial charge in [-0.05, 0) is 12.8 Å². The topological polar surface area (TPSA) is 81.2 Å². The molecule has 1 heterocycles. The summed E-state index contributed by atoms with van der Waals surface area (Å²) in [6, 6.07) is 0. The molecule has 0 unspecified atom stereocenters. The summed E-state index contributed by atoms with van der Waals surface area (Å²) in [5, 5.41) is 3.95. The number of anilines is 1. The van der Waals surface area contributed by atoms with Crippen molar-refractivity contribution in [3.05, 3.63) is 6.20 Å². The SMILES string of the molecule is CCn1cc(S(=O)(=O)N(C)CC(C)C)c(N)n1. The van der Waals surface area contributed by atoms with Crippen molar-refractivity contribution in [2.45, 2.75) is 32.2 Å². The van der Waals surface area contributed by atoms with E-state index in [1.165, 1.54) is 15.2 Å². The first-order valence-corrected chi connectivity index (χ1v) is 7.02. The standard InChI is InChI=1S/C10H20N4O2S/c1-5-14-7-9(10(11)12-14)17(15,16)13(4)6-8(2)3/h7-8H,5-6H2,1-4H3,(H2,11,12). The Balaban J connectivity index is 3.08. The Bertz CT molecular complexity index is 478. The van der Waals surface area contributed by atoms with Crippen molar-refractivity contribution < 1.29 is 8.42 Å². The van der Waals surface area contributed by atoms with Gasteiger partial charge in [-0.2, -0.15) is 5.10 Å². The average Bonchev–Trinajstić information content (AvgIpc) is 2.59. The minimum Gasteiger partial charge on any atom is -0.381 e. The number of hydrogen-bond donors (Lipinski definition) is 1. The van der Waals surface area contributed by atoms with Crippen molar-refractivity contribution >= 4 is 15.8 Å². The zero-order valence-electron chi connectivity index (χ0n) is 10.7. The van der Waals surface area contributed by atoms with Gasteiger partial charge in [-0.1, -0.05) is 13.8 Å². The molecule has 0 fully saturated rings.